The van der Waals surface area contributed by atoms with Crippen LogP contribution in [0.2, 0.25) is 0 Å². The molecule has 0 unspecified atom stereocenters. The van der Waals surface area contributed by atoms with E-state index in [1.807, 2.05) is 0 Å². The molecule has 1 rings (SSSR count). The molecule has 7 nitrogen and oxygen atoms in total. The van der Waals surface area contributed by atoms with Crippen LogP contribution in [0.1, 0.15) is 12.8 Å². The molecule has 1 aliphatic heterocycles. The normalized spacial score (nSPS) is 18.1. The van der Waals surface area contributed by atoms with Crippen molar-refractivity contribution >= 4 is 21.9 Å². The van der Waals surface area contributed by atoms with Gasteiger partial charge in [-0.3, -0.25) is 9.59 Å². The Hall–Kier alpha value is -1.15. The van der Waals surface area contributed by atoms with Gasteiger partial charge in [0.05, 0.1) is 12.7 Å². The molecule has 0 bridgehead atoms. The predicted octanol–water partition coefficient (Wildman–Crippen LogP) is -1.04. The quantitative estimate of drug-likeness (QED) is 0.699. The summed E-state index contributed by atoms with van der Waals surface area (Å²) in [4.78, 5) is 23.4. The molecule has 0 aromatic rings. The molecular formula is C9H16N2O5S. The molecule has 1 amide bonds. The fourth-order valence-corrected chi connectivity index (χ4v) is 2.47. The average Bonchev–Trinajstić information content (AvgIpc) is 2.25. The van der Waals surface area contributed by atoms with Crippen molar-refractivity contribution < 1.29 is 23.1 Å². The van der Waals surface area contributed by atoms with Crippen molar-refractivity contribution in [1.29, 1.82) is 0 Å². The smallest absolute Gasteiger partial charge is 0.303 e. The van der Waals surface area contributed by atoms with Crippen molar-refractivity contribution in [3.8, 4) is 0 Å². The molecule has 98 valence electrons. The second kappa shape index (κ2) is 5.46. The Bertz CT molecular complexity index is 398. The van der Waals surface area contributed by atoms with Crippen LogP contribution >= 0.6 is 0 Å². The van der Waals surface area contributed by atoms with Gasteiger partial charge >= 0.3 is 5.97 Å². The first-order valence-electron chi connectivity index (χ1n) is 5.25. The molecule has 1 saturated heterocycles. The third kappa shape index (κ3) is 4.31. The van der Waals surface area contributed by atoms with Crippen molar-refractivity contribution in [2.45, 2.75) is 12.8 Å². The Morgan fingerprint density at radius 2 is 1.65 bits per heavy atom. The van der Waals surface area contributed by atoms with Gasteiger partial charge in [-0.25, -0.2) is 8.42 Å². The van der Waals surface area contributed by atoms with Crippen molar-refractivity contribution in [3.05, 3.63) is 0 Å². The zero-order valence-electron chi connectivity index (χ0n) is 9.63. The maximum absolute atomic E-state index is 11.6. The van der Waals surface area contributed by atoms with Gasteiger partial charge in [-0.05, 0) is 0 Å². The largest absolute Gasteiger partial charge is 0.481 e. The highest BCUT2D eigenvalue weighted by Crippen LogP contribution is 2.08. The third-order valence-electron chi connectivity index (χ3n) is 2.61. The van der Waals surface area contributed by atoms with Crippen LogP contribution < -0.4 is 0 Å². The van der Waals surface area contributed by atoms with Gasteiger partial charge in [0.2, 0.25) is 15.9 Å². The van der Waals surface area contributed by atoms with E-state index in [0.717, 1.165) is 6.26 Å². The number of hydrogen-bond donors (Lipinski definition) is 1. The van der Waals surface area contributed by atoms with Gasteiger partial charge in [0, 0.05) is 32.6 Å². The first kappa shape index (κ1) is 13.9. The molecule has 1 fully saturated rings. The Labute approximate surface area is 100 Å². The van der Waals surface area contributed by atoms with Crippen LogP contribution in [0.15, 0.2) is 0 Å². The van der Waals surface area contributed by atoms with Crippen molar-refractivity contribution in [2.24, 2.45) is 0 Å². The average molecular weight is 264 g/mol. The summed E-state index contributed by atoms with van der Waals surface area (Å²) in [5.74, 6) is -1.24. The van der Waals surface area contributed by atoms with Gasteiger partial charge in [-0.2, -0.15) is 4.31 Å². The number of carbonyl (C=O) groups is 2. The number of sulfonamides is 1. The zero-order chi connectivity index (χ0) is 13.1. The molecule has 0 radical (unpaired) electrons. The van der Waals surface area contributed by atoms with Crippen LogP contribution in [-0.4, -0.2) is 67.0 Å². The first-order valence-corrected chi connectivity index (χ1v) is 7.10. The second-order valence-electron chi connectivity index (χ2n) is 3.94. The minimum absolute atomic E-state index is 0.0335. The minimum atomic E-state index is -3.20. The second-order valence-corrected chi connectivity index (χ2v) is 5.92. The molecule has 0 aliphatic carbocycles. The minimum Gasteiger partial charge on any atom is -0.481 e. The predicted molar refractivity (Wildman–Crippen MR) is 59.9 cm³/mol. The molecule has 17 heavy (non-hydrogen) atoms. The van der Waals surface area contributed by atoms with E-state index in [1.54, 1.807) is 0 Å². The van der Waals surface area contributed by atoms with Crippen molar-refractivity contribution in [1.82, 2.24) is 9.21 Å². The maximum Gasteiger partial charge on any atom is 0.303 e. The van der Waals surface area contributed by atoms with Gasteiger partial charge in [0.25, 0.3) is 0 Å². The monoisotopic (exact) mass is 264 g/mol. The van der Waals surface area contributed by atoms with E-state index in [-0.39, 0.29) is 31.8 Å². The van der Waals surface area contributed by atoms with Gasteiger partial charge in [0.1, 0.15) is 0 Å². The summed E-state index contributed by atoms with van der Waals surface area (Å²) >= 11 is 0. The lowest BCUT2D eigenvalue weighted by atomic mass is 10.2. The molecule has 0 spiro atoms. The molecule has 1 heterocycles. The Kier molecular flexibility index (Phi) is 4.47. The molecule has 1 aliphatic rings. The number of carboxylic acids is 1. The van der Waals surface area contributed by atoms with E-state index in [1.165, 1.54) is 9.21 Å². The highest BCUT2D eigenvalue weighted by Gasteiger charge is 2.25. The lowest BCUT2D eigenvalue weighted by Gasteiger charge is -2.33. The van der Waals surface area contributed by atoms with E-state index in [9.17, 15) is 18.0 Å². The molecule has 0 aromatic carbocycles. The van der Waals surface area contributed by atoms with Crippen LogP contribution in [0.3, 0.4) is 0 Å². The number of rotatable bonds is 4. The molecular weight excluding hydrogens is 248 g/mol. The molecule has 8 heteroatoms. The van der Waals surface area contributed by atoms with Crippen molar-refractivity contribution in [2.75, 3.05) is 32.4 Å². The number of amides is 1. The summed E-state index contributed by atoms with van der Waals surface area (Å²) in [5, 5.41) is 8.45. The fourth-order valence-electron chi connectivity index (χ4n) is 1.64. The summed E-state index contributed by atoms with van der Waals surface area (Å²) in [5.41, 5.74) is 0. The summed E-state index contributed by atoms with van der Waals surface area (Å²) in [7, 11) is -3.20. The molecule has 0 atom stereocenters. The highest BCUT2D eigenvalue weighted by atomic mass is 32.2. The molecule has 1 N–H and O–H groups in total. The Morgan fingerprint density at radius 1 is 1.12 bits per heavy atom. The number of hydrogen-bond acceptors (Lipinski definition) is 4. The van der Waals surface area contributed by atoms with Crippen molar-refractivity contribution in [3.63, 3.8) is 0 Å². The number of aliphatic carboxylic acids is 1. The van der Waals surface area contributed by atoms with E-state index in [4.69, 9.17) is 5.11 Å². The third-order valence-corrected chi connectivity index (χ3v) is 3.92. The van der Waals surface area contributed by atoms with Crippen LogP contribution in [0.25, 0.3) is 0 Å². The topological polar surface area (TPSA) is 95.0 Å². The van der Waals surface area contributed by atoms with E-state index >= 15 is 0 Å². The van der Waals surface area contributed by atoms with Crippen LogP contribution in [0.4, 0.5) is 0 Å². The number of carboxylic acid groups (broad SMARTS) is 1. The van der Waals surface area contributed by atoms with Gasteiger partial charge in [0.15, 0.2) is 0 Å². The van der Waals surface area contributed by atoms with Crippen LogP contribution in [0.5, 0.6) is 0 Å². The fraction of sp³-hybridized carbons (Fsp3) is 0.778. The van der Waals surface area contributed by atoms with E-state index in [2.05, 4.69) is 0 Å². The summed E-state index contributed by atoms with van der Waals surface area (Å²) < 4.78 is 23.8. The van der Waals surface area contributed by atoms with Crippen LogP contribution in [-0.2, 0) is 19.6 Å². The lowest BCUT2D eigenvalue weighted by Crippen LogP contribution is -2.50. The molecule has 0 aromatic heterocycles. The SMILES string of the molecule is CS(=O)(=O)N1CCN(C(=O)CCC(=O)O)CC1. The number of carbonyl (C=O) groups excluding carboxylic acids is 1. The van der Waals surface area contributed by atoms with E-state index < -0.39 is 16.0 Å². The maximum atomic E-state index is 11.6. The van der Waals surface area contributed by atoms with Gasteiger partial charge in [-0.15, -0.1) is 0 Å². The highest BCUT2D eigenvalue weighted by molar-refractivity contribution is 7.88. The Morgan fingerprint density at radius 3 is 2.06 bits per heavy atom. The molecule has 0 saturated carbocycles. The van der Waals surface area contributed by atoms with Gasteiger partial charge < -0.3 is 10.0 Å². The first-order chi connectivity index (χ1) is 7.80. The van der Waals surface area contributed by atoms with Gasteiger partial charge in [-0.1, -0.05) is 0 Å². The Balaban J connectivity index is 2.41. The number of nitrogens with zero attached hydrogens (tertiary/aromatic N) is 2. The summed E-state index contributed by atoms with van der Waals surface area (Å²) in [6.07, 6.45) is 0.911. The standard InChI is InChI=1S/C9H16N2O5S/c1-17(15,16)11-6-4-10(5-7-11)8(12)2-3-9(13)14/h2-7H2,1H3,(H,13,14). The summed E-state index contributed by atoms with van der Waals surface area (Å²) in [6, 6.07) is 0. The number of piperazine rings is 1. The lowest BCUT2D eigenvalue weighted by molar-refractivity contribution is -0.141. The summed E-state index contributed by atoms with van der Waals surface area (Å²) in [6.45, 7) is 1.20. The zero-order valence-corrected chi connectivity index (χ0v) is 10.4. The van der Waals surface area contributed by atoms with E-state index in [0.29, 0.717) is 13.1 Å². The van der Waals surface area contributed by atoms with Crippen LogP contribution in [0, 0.1) is 0 Å².